The van der Waals surface area contributed by atoms with Crippen LogP contribution in [0.1, 0.15) is 39.0 Å². The number of quaternary nitrogens is 1. The molecule has 21 heavy (non-hydrogen) atoms. The Kier molecular flexibility index (Phi) is 3.60. The van der Waals surface area contributed by atoms with Gasteiger partial charge in [-0.2, -0.15) is 0 Å². The van der Waals surface area contributed by atoms with E-state index >= 15 is 0 Å². The molecule has 1 aliphatic heterocycles. The molecule has 5 aliphatic rings. The maximum absolute atomic E-state index is 11.8. The van der Waals surface area contributed by atoms with Crippen molar-refractivity contribution < 1.29 is 14.4 Å². The molecule has 0 radical (unpaired) electrons. The van der Waals surface area contributed by atoms with Crippen LogP contribution in [0.2, 0.25) is 0 Å². The number of rotatable bonds is 2. The predicted octanol–water partition coefficient (Wildman–Crippen LogP) is 1.17. The molecule has 5 fully saturated rings. The van der Waals surface area contributed by atoms with Crippen molar-refractivity contribution in [1.29, 1.82) is 0 Å². The van der Waals surface area contributed by atoms with Crippen LogP contribution in [0.5, 0.6) is 0 Å². The number of carbonyl (C=O) groups excluding carboxylic acids is 1. The molecule has 0 atom stereocenters. The summed E-state index contributed by atoms with van der Waals surface area (Å²) in [7, 11) is 0. The maximum Gasteiger partial charge on any atom is 0.410 e. The van der Waals surface area contributed by atoms with Gasteiger partial charge >= 0.3 is 6.09 Å². The number of hydrogen-bond donors (Lipinski definition) is 1. The summed E-state index contributed by atoms with van der Waals surface area (Å²) in [5, 5.41) is 0. The molecule has 0 spiro atoms. The number of piperazine rings is 1. The highest BCUT2D eigenvalue weighted by Gasteiger charge is 2.52. The van der Waals surface area contributed by atoms with Gasteiger partial charge in [0.25, 0.3) is 0 Å². The van der Waals surface area contributed by atoms with E-state index in [4.69, 9.17) is 4.74 Å². The fraction of sp³-hybridized carbons (Fsp3) is 0.941. The Bertz CT molecular complexity index is 376. The van der Waals surface area contributed by atoms with Crippen LogP contribution in [-0.2, 0) is 4.74 Å². The molecule has 1 amide bonds. The summed E-state index contributed by atoms with van der Waals surface area (Å²) >= 11 is 0. The Labute approximate surface area is 127 Å². The first-order valence-electron chi connectivity index (χ1n) is 9.01. The van der Waals surface area contributed by atoms with Gasteiger partial charge in [0.15, 0.2) is 0 Å². The zero-order valence-electron chi connectivity index (χ0n) is 13.2. The van der Waals surface area contributed by atoms with E-state index in [2.05, 4.69) is 0 Å². The number of amides is 1. The third-order valence-corrected chi connectivity index (χ3v) is 6.63. The van der Waals surface area contributed by atoms with Crippen LogP contribution in [-0.4, -0.2) is 49.8 Å². The molecule has 1 N–H and O–H groups in total. The number of nitrogens with one attached hydrogen (secondary N) is 1. The molecule has 1 saturated heterocycles. The lowest BCUT2D eigenvalue weighted by Crippen LogP contribution is -3.20. The molecule has 1 heterocycles. The molecular formula is C17H29N2O2+. The Morgan fingerprint density at radius 2 is 1.62 bits per heavy atom. The van der Waals surface area contributed by atoms with Crippen LogP contribution in [0, 0.1) is 23.7 Å². The molecule has 4 nitrogen and oxygen atoms in total. The summed E-state index contributed by atoms with van der Waals surface area (Å²) in [6.07, 6.45) is 7.43. The quantitative estimate of drug-likeness (QED) is 0.829. The first-order chi connectivity index (χ1) is 10.2. The van der Waals surface area contributed by atoms with E-state index in [1.807, 2.05) is 11.8 Å². The van der Waals surface area contributed by atoms with Gasteiger partial charge in [-0.1, -0.05) is 0 Å². The number of carbonyl (C=O) groups is 1. The van der Waals surface area contributed by atoms with Gasteiger partial charge in [-0.05, 0) is 50.9 Å². The molecule has 4 heteroatoms. The Morgan fingerprint density at radius 3 is 2.14 bits per heavy atom. The Balaban J connectivity index is 1.37. The highest BCUT2D eigenvalue weighted by Crippen LogP contribution is 2.52. The Morgan fingerprint density at radius 1 is 1.05 bits per heavy atom. The van der Waals surface area contributed by atoms with Gasteiger partial charge in [-0.25, -0.2) is 4.79 Å². The first-order valence-corrected chi connectivity index (χ1v) is 9.01. The van der Waals surface area contributed by atoms with E-state index in [1.54, 1.807) is 4.90 Å². The summed E-state index contributed by atoms with van der Waals surface area (Å²) < 4.78 is 5.13. The average molecular weight is 293 g/mol. The second-order valence-corrected chi connectivity index (χ2v) is 7.80. The predicted molar refractivity (Wildman–Crippen MR) is 80.1 cm³/mol. The number of ether oxygens (including phenoxy) is 1. The first kappa shape index (κ1) is 13.9. The van der Waals surface area contributed by atoms with Crippen LogP contribution < -0.4 is 4.90 Å². The summed E-state index contributed by atoms with van der Waals surface area (Å²) in [5.41, 5.74) is 0. The third kappa shape index (κ3) is 2.45. The second kappa shape index (κ2) is 5.45. The van der Waals surface area contributed by atoms with Crippen LogP contribution in [0.15, 0.2) is 0 Å². The molecular weight excluding hydrogens is 264 g/mol. The summed E-state index contributed by atoms with van der Waals surface area (Å²) in [6.45, 7) is 6.40. The molecule has 4 aliphatic carbocycles. The smallest absolute Gasteiger partial charge is 0.410 e. The van der Waals surface area contributed by atoms with E-state index in [9.17, 15) is 4.79 Å². The minimum atomic E-state index is -0.110. The summed E-state index contributed by atoms with van der Waals surface area (Å²) in [5.74, 6) is 4.10. The van der Waals surface area contributed by atoms with Crippen molar-refractivity contribution in [2.75, 3.05) is 32.8 Å². The van der Waals surface area contributed by atoms with Crippen LogP contribution in [0.25, 0.3) is 0 Å². The Hall–Kier alpha value is -0.770. The minimum absolute atomic E-state index is 0.110. The summed E-state index contributed by atoms with van der Waals surface area (Å²) in [6, 6.07) is 0.905. The van der Waals surface area contributed by atoms with Gasteiger partial charge in [0.05, 0.1) is 38.8 Å². The van der Waals surface area contributed by atoms with E-state index in [1.165, 1.54) is 32.1 Å². The average Bonchev–Trinajstić information content (AvgIpc) is 2.47. The molecule has 4 bridgehead atoms. The molecule has 0 aromatic carbocycles. The van der Waals surface area contributed by atoms with Crippen molar-refractivity contribution in [1.82, 2.24) is 4.90 Å². The van der Waals surface area contributed by atoms with Gasteiger partial charge in [-0.15, -0.1) is 0 Å². The molecule has 0 aromatic rings. The lowest BCUT2D eigenvalue weighted by atomic mass is 9.54. The van der Waals surface area contributed by atoms with Gasteiger partial charge in [0.1, 0.15) is 0 Å². The molecule has 118 valence electrons. The second-order valence-electron chi connectivity index (χ2n) is 7.80. The standard InChI is InChI=1S/C17H28N2O2/c1-2-21-17(20)19-5-3-18(4-6-19)16-14-8-12-7-13(10-14)11-15(16)9-12/h12-16H,2-11H2,1H3/p+1. The van der Waals surface area contributed by atoms with E-state index in [0.717, 1.165) is 55.9 Å². The van der Waals surface area contributed by atoms with Crippen LogP contribution >= 0.6 is 0 Å². The van der Waals surface area contributed by atoms with Crippen molar-refractivity contribution in [2.45, 2.75) is 45.1 Å². The summed E-state index contributed by atoms with van der Waals surface area (Å²) in [4.78, 5) is 15.5. The largest absolute Gasteiger partial charge is 0.450 e. The van der Waals surface area contributed by atoms with Crippen LogP contribution in [0.4, 0.5) is 4.79 Å². The highest BCUT2D eigenvalue weighted by atomic mass is 16.6. The number of hydrogen-bond acceptors (Lipinski definition) is 2. The van der Waals surface area contributed by atoms with Crippen molar-refractivity contribution >= 4 is 6.09 Å². The molecule has 4 saturated carbocycles. The van der Waals surface area contributed by atoms with Crippen LogP contribution in [0.3, 0.4) is 0 Å². The molecule has 0 aromatic heterocycles. The van der Waals surface area contributed by atoms with Crippen molar-refractivity contribution in [3.63, 3.8) is 0 Å². The number of nitrogens with zero attached hydrogens (tertiary/aromatic N) is 1. The lowest BCUT2D eigenvalue weighted by molar-refractivity contribution is -0.939. The fourth-order valence-electron chi connectivity index (χ4n) is 6.12. The minimum Gasteiger partial charge on any atom is -0.450 e. The highest BCUT2D eigenvalue weighted by molar-refractivity contribution is 5.67. The van der Waals surface area contributed by atoms with E-state index in [-0.39, 0.29) is 6.09 Å². The van der Waals surface area contributed by atoms with Gasteiger partial charge in [-0.3, -0.25) is 4.90 Å². The maximum atomic E-state index is 11.8. The topological polar surface area (TPSA) is 34.0 Å². The monoisotopic (exact) mass is 293 g/mol. The zero-order valence-corrected chi connectivity index (χ0v) is 13.2. The SMILES string of the molecule is CCOC(=O)N1CC[NH+](C2C3CC4CC(C3)CC2C4)CC1. The molecule has 0 unspecified atom stereocenters. The zero-order chi connectivity index (χ0) is 14.4. The van der Waals surface area contributed by atoms with Gasteiger partial charge in [0.2, 0.25) is 0 Å². The van der Waals surface area contributed by atoms with Gasteiger partial charge in [0, 0.05) is 11.8 Å². The lowest BCUT2D eigenvalue weighted by Gasteiger charge is -2.56. The van der Waals surface area contributed by atoms with E-state index < -0.39 is 0 Å². The third-order valence-electron chi connectivity index (χ3n) is 6.63. The van der Waals surface area contributed by atoms with Gasteiger partial charge < -0.3 is 9.64 Å². The van der Waals surface area contributed by atoms with Crippen molar-refractivity contribution in [2.24, 2.45) is 23.7 Å². The molecule has 5 rings (SSSR count). The van der Waals surface area contributed by atoms with Crippen molar-refractivity contribution in [3.8, 4) is 0 Å². The fourth-order valence-corrected chi connectivity index (χ4v) is 6.12. The van der Waals surface area contributed by atoms with E-state index in [0.29, 0.717) is 6.61 Å². The normalized spacial score (nSPS) is 42.3. The van der Waals surface area contributed by atoms with Crippen molar-refractivity contribution in [3.05, 3.63) is 0 Å².